The highest BCUT2D eigenvalue weighted by molar-refractivity contribution is 5.19. The zero-order valence-corrected chi connectivity index (χ0v) is 10.2. The Morgan fingerprint density at radius 3 is 2.41 bits per heavy atom. The summed E-state index contributed by atoms with van der Waals surface area (Å²) in [5.41, 5.74) is 3.95. The van der Waals surface area contributed by atoms with Crippen LogP contribution in [0.15, 0.2) is 24.3 Å². The summed E-state index contributed by atoms with van der Waals surface area (Å²) in [5.74, 6) is 6.18. The van der Waals surface area contributed by atoms with Crippen LogP contribution in [0, 0.1) is 11.7 Å². The molecule has 1 saturated carbocycles. The largest absolute Gasteiger partial charge is 0.271 e. The molecule has 0 radical (unpaired) electrons. The lowest BCUT2D eigenvalue weighted by Gasteiger charge is -2.26. The van der Waals surface area contributed by atoms with E-state index in [1.54, 1.807) is 0 Å². The highest BCUT2D eigenvalue weighted by atomic mass is 19.1. The van der Waals surface area contributed by atoms with Crippen LogP contribution in [-0.4, -0.2) is 0 Å². The third-order valence-corrected chi connectivity index (χ3v) is 3.77. The molecule has 0 aromatic heterocycles. The third kappa shape index (κ3) is 3.51. The van der Waals surface area contributed by atoms with Crippen LogP contribution in [0.4, 0.5) is 4.39 Å². The van der Waals surface area contributed by atoms with Gasteiger partial charge in [0, 0.05) is 6.04 Å². The van der Waals surface area contributed by atoms with E-state index in [9.17, 15) is 4.39 Å². The van der Waals surface area contributed by atoms with Gasteiger partial charge in [-0.15, -0.1) is 0 Å². The molecule has 3 heteroatoms. The van der Waals surface area contributed by atoms with Gasteiger partial charge in [0.1, 0.15) is 5.82 Å². The molecule has 1 unspecified atom stereocenters. The third-order valence-electron chi connectivity index (χ3n) is 3.77. The van der Waals surface area contributed by atoms with Crippen molar-refractivity contribution in [3.8, 4) is 0 Å². The molecule has 1 aliphatic rings. The molecular formula is C14H21FN2. The normalized spacial score (nSPS) is 19.2. The summed E-state index contributed by atoms with van der Waals surface area (Å²) in [6.07, 6.45) is 7.71. The van der Waals surface area contributed by atoms with Crippen LogP contribution < -0.4 is 11.3 Å². The van der Waals surface area contributed by atoms with E-state index in [0.717, 1.165) is 17.9 Å². The Hall–Kier alpha value is -0.930. The van der Waals surface area contributed by atoms with Crippen molar-refractivity contribution in [2.24, 2.45) is 11.8 Å². The first kappa shape index (κ1) is 12.5. The molecule has 0 heterocycles. The van der Waals surface area contributed by atoms with Crippen LogP contribution in [0.2, 0.25) is 0 Å². The first-order chi connectivity index (χ1) is 8.29. The molecule has 0 amide bonds. The van der Waals surface area contributed by atoms with Crippen LogP contribution in [-0.2, 0) is 0 Å². The van der Waals surface area contributed by atoms with Crippen LogP contribution >= 0.6 is 0 Å². The van der Waals surface area contributed by atoms with Crippen molar-refractivity contribution in [3.05, 3.63) is 35.6 Å². The number of rotatable bonds is 4. The standard InChI is InChI=1S/C14H21FN2/c15-13-8-6-12(7-9-13)14(17-16)10-11-4-2-1-3-5-11/h6-9,11,14,17H,1-5,10,16H2. The summed E-state index contributed by atoms with van der Waals surface area (Å²) in [7, 11) is 0. The maximum atomic E-state index is 12.9. The average molecular weight is 236 g/mol. The molecular weight excluding hydrogens is 215 g/mol. The Bertz CT molecular complexity index is 331. The SMILES string of the molecule is NNC(CC1CCCCC1)c1ccc(F)cc1. The highest BCUT2D eigenvalue weighted by Gasteiger charge is 2.19. The van der Waals surface area contributed by atoms with E-state index >= 15 is 0 Å². The number of nitrogens with one attached hydrogen (secondary N) is 1. The number of hydrogen-bond donors (Lipinski definition) is 2. The van der Waals surface area contributed by atoms with Gasteiger partial charge < -0.3 is 0 Å². The van der Waals surface area contributed by atoms with Crippen molar-refractivity contribution >= 4 is 0 Å². The Kier molecular flexibility index (Phi) is 4.51. The molecule has 0 bridgehead atoms. The van der Waals surface area contributed by atoms with E-state index in [0.29, 0.717) is 0 Å². The van der Waals surface area contributed by atoms with Crippen molar-refractivity contribution in [1.29, 1.82) is 0 Å². The maximum Gasteiger partial charge on any atom is 0.123 e. The van der Waals surface area contributed by atoms with E-state index in [-0.39, 0.29) is 11.9 Å². The van der Waals surface area contributed by atoms with Crippen LogP contribution in [0.1, 0.15) is 50.1 Å². The summed E-state index contributed by atoms with van der Waals surface area (Å²) >= 11 is 0. The minimum Gasteiger partial charge on any atom is -0.271 e. The molecule has 1 aromatic rings. The summed E-state index contributed by atoms with van der Waals surface area (Å²) in [6.45, 7) is 0. The minimum atomic E-state index is -0.192. The van der Waals surface area contributed by atoms with Gasteiger partial charge >= 0.3 is 0 Å². The lowest BCUT2D eigenvalue weighted by molar-refractivity contribution is 0.301. The second kappa shape index (κ2) is 6.12. The van der Waals surface area contributed by atoms with E-state index in [1.807, 2.05) is 12.1 Å². The summed E-state index contributed by atoms with van der Waals surface area (Å²) in [5, 5.41) is 0. The van der Waals surface area contributed by atoms with Gasteiger partial charge in [-0.25, -0.2) is 4.39 Å². The second-order valence-electron chi connectivity index (χ2n) is 5.01. The first-order valence-electron chi connectivity index (χ1n) is 6.51. The number of nitrogens with two attached hydrogens (primary N) is 1. The van der Waals surface area contributed by atoms with Gasteiger partial charge in [-0.05, 0) is 30.0 Å². The van der Waals surface area contributed by atoms with Crippen LogP contribution in [0.5, 0.6) is 0 Å². The summed E-state index contributed by atoms with van der Waals surface area (Å²) < 4.78 is 12.9. The molecule has 2 rings (SSSR count). The number of hydrogen-bond acceptors (Lipinski definition) is 2. The molecule has 1 aliphatic carbocycles. The molecule has 94 valence electrons. The fraction of sp³-hybridized carbons (Fsp3) is 0.571. The Balaban J connectivity index is 1.97. The Morgan fingerprint density at radius 2 is 1.82 bits per heavy atom. The van der Waals surface area contributed by atoms with Crippen molar-refractivity contribution < 1.29 is 4.39 Å². The van der Waals surface area contributed by atoms with Crippen molar-refractivity contribution in [1.82, 2.24) is 5.43 Å². The van der Waals surface area contributed by atoms with E-state index in [2.05, 4.69) is 5.43 Å². The fourth-order valence-electron chi connectivity index (χ4n) is 2.75. The van der Waals surface area contributed by atoms with Gasteiger partial charge in [0.15, 0.2) is 0 Å². The molecule has 0 aliphatic heterocycles. The molecule has 17 heavy (non-hydrogen) atoms. The van der Waals surface area contributed by atoms with Crippen LogP contribution in [0.25, 0.3) is 0 Å². The smallest absolute Gasteiger partial charge is 0.123 e. The van der Waals surface area contributed by atoms with E-state index in [1.165, 1.54) is 44.2 Å². The monoisotopic (exact) mass is 236 g/mol. The Morgan fingerprint density at radius 1 is 1.18 bits per heavy atom. The van der Waals surface area contributed by atoms with E-state index in [4.69, 9.17) is 5.84 Å². The number of hydrazine groups is 1. The fourth-order valence-corrected chi connectivity index (χ4v) is 2.75. The van der Waals surface area contributed by atoms with Crippen LogP contribution in [0.3, 0.4) is 0 Å². The van der Waals surface area contributed by atoms with Gasteiger partial charge in [-0.1, -0.05) is 44.2 Å². The van der Waals surface area contributed by atoms with Gasteiger partial charge in [0.05, 0.1) is 0 Å². The predicted octanol–water partition coefficient (Wildman–Crippen LogP) is 3.30. The van der Waals surface area contributed by atoms with E-state index < -0.39 is 0 Å². The molecule has 1 aromatic carbocycles. The van der Waals surface area contributed by atoms with Crippen molar-refractivity contribution in [3.63, 3.8) is 0 Å². The van der Waals surface area contributed by atoms with Gasteiger partial charge in [-0.3, -0.25) is 11.3 Å². The number of halogens is 1. The van der Waals surface area contributed by atoms with Gasteiger partial charge in [0.2, 0.25) is 0 Å². The zero-order chi connectivity index (χ0) is 12.1. The molecule has 0 saturated heterocycles. The molecule has 0 spiro atoms. The number of benzene rings is 1. The second-order valence-corrected chi connectivity index (χ2v) is 5.01. The lowest BCUT2D eigenvalue weighted by atomic mass is 9.83. The predicted molar refractivity (Wildman–Crippen MR) is 67.7 cm³/mol. The first-order valence-corrected chi connectivity index (χ1v) is 6.51. The highest BCUT2D eigenvalue weighted by Crippen LogP contribution is 2.31. The zero-order valence-electron chi connectivity index (χ0n) is 10.2. The Labute approximate surface area is 102 Å². The van der Waals surface area contributed by atoms with Crippen molar-refractivity contribution in [2.45, 2.75) is 44.6 Å². The summed E-state index contributed by atoms with van der Waals surface area (Å²) in [4.78, 5) is 0. The molecule has 3 N–H and O–H groups in total. The van der Waals surface area contributed by atoms with Gasteiger partial charge in [-0.2, -0.15) is 0 Å². The lowest BCUT2D eigenvalue weighted by Crippen LogP contribution is -2.30. The van der Waals surface area contributed by atoms with Crippen molar-refractivity contribution in [2.75, 3.05) is 0 Å². The quantitative estimate of drug-likeness (QED) is 0.622. The van der Waals surface area contributed by atoms with Gasteiger partial charge in [0.25, 0.3) is 0 Å². The molecule has 2 nitrogen and oxygen atoms in total. The minimum absolute atomic E-state index is 0.152. The maximum absolute atomic E-state index is 12.9. The summed E-state index contributed by atoms with van der Waals surface area (Å²) in [6, 6.07) is 6.80. The molecule has 1 atom stereocenters. The topological polar surface area (TPSA) is 38.0 Å². The average Bonchev–Trinajstić information content (AvgIpc) is 2.38. The molecule has 1 fully saturated rings.